The summed E-state index contributed by atoms with van der Waals surface area (Å²) >= 11 is 6.18. The van der Waals surface area contributed by atoms with Crippen molar-refractivity contribution in [2.24, 2.45) is 5.92 Å². The molecule has 0 radical (unpaired) electrons. The van der Waals surface area contributed by atoms with Gasteiger partial charge in [0.2, 0.25) is 0 Å². The first-order valence-corrected chi connectivity index (χ1v) is 9.55. The third-order valence-corrected chi connectivity index (χ3v) is 6.81. The van der Waals surface area contributed by atoms with Gasteiger partial charge in [-0.25, -0.2) is 0 Å². The van der Waals surface area contributed by atoms with Gasteiger partial charge in [-0.3, -0.25) is 0 Å². The molecule has 3 rings (SSSR count). The molecular formula is C17H22BrIO2. The normalized spacial score (nSPS) is 38.4. The van der Waals surface area contributed by atoms with E-state index < -0.39 is 0 Å². The molecular weight excluding hydrogens is 443 g/mol. The molecule has 4 heteroatoms. The highest BCUT2D eigenvalue weighted by atomic mass is 127. The highest BCUT2D eigenvalue weighted by Gasteiger charge is 2.65. The predicted octanol–water partition coefficient (Wildman–Crippen LogP) is 4.92. The zero-order chi connectivity index (χ0) is 15.3. The van der Waals surface area contributed by atoms with Crippen LogP contribution in [0.25, 0.3) is 0 Å². The summed E-state index contributed by atoms with van der Waals surface area (Å²) in [5.74, 6) is 0.495. The summed E-state index contributed by atoms with van der Waals surface area (Å²) in [7, 11) is 0. The van der Waals surface area contributed by atoms with E-state index >= 15 is 0 Å². The van der Waals surface area contributed by atoms with Crippen molar-refractivity contribution in [3.8, 4) is 0 Å². The molecule has 0 amide bonds. The molecule has 1 aromatic carbocycles. The van der Waals surface area contributed by atoms with E-state index in [1.807, 2.05) is 0 Å². The fraction of sp³-hybridized carbons (Fsp3) is 0.647. The van der Waals surface area contributed by atoms with Crippen molar-refractivity contribution in [2.45, 2.75) is 62.4 Å². The first-order chi connectivity index (χ1) is 9.86. The fourth-order valence-corrected chi connectivity index (χ4v) is 5.77. The Morgan fingerprint density at radius 2 is 2.19 bits per heavy atom. The van der Waals surface area contributed by atoms with Crippen LogP contribution in [-0.4, -0.2) is 22.1 Å². The molecule has 2 saturated heterocycles. The van der Waals surface area contributed by atoms with Crippen molar-refractivity contribution < 1.29 is 9.47 Å². The Morgan fingerprint density at radius 1 is 1.43 bits per heavy atom. The lowest BCUT2D eigenvalue weighted by molar-refractivity contribution is -0.0955. The lowest BCUT2D eigenvalue weighted by atomic mass is 9.75. The summed E-state index contributed by atoms with van der Waals surface area (Å²) in [6.07, 6.45) is 2.20. The van der Waals surface area contributed by atoms with E-state index in [2.05, 4.69) is 83.6 Å². The lowest BCUT2D eigenvalue weighted by Crippen LogP contribution is -2.44. The molecule has 21 heavy (non-hydrogen) atoms. The zero-order valence-corrected chi connectivity index (χ0v) is 16.5. The van der Waals surface area contributed by atoms with Crippen molar-refractivity contribution in [3.05, 3.63) is 33.4 Å². The molecule has 0 N–H and O–H groups in total. The topological polar surface area (TPSA) is 18.5 Å². The Balaban J connectivity index is 1.71. The van der Waals surface area contributed by atoms with Gasteiger partial charge >= 0.3 is 0 Å². The molecule has 2 bridgehead atoms. The molecule has 1 aromatic rings. The average Bonchev–Trinajstić information content (AvgIpc) is 2.84. The maximum Gasteiger partial charge on any atom is 0.0936 e. The van der Waals surface area contributed by atoms with Gasteiger partial charge in [-0.15, -0.1) is 0 Å². The van der Waals surface area contributed by atoms with Gasteiger partial charge in [-0.05, 0) is 59.5 Å². The average molecular weight is 465 g/mol. The molecule has 0 saturated carbocycles. The largest absolute Gasteiger partial charge is 0.370 e. The van der Waals surface area contributed by atoms with Crippen LogP contribution in [0.2, 0.25) is 0 Å². The molecule has 0 spiro atoms. The maximum atomic E-state index is 6.47. The number of alkyl halides is 1. The predicted molar refractivity (Wildman–Crippen MR) is 96.7 cm³/mol. The van der Waals surface area contributed by atoms with Gasteiger partial charge in [0.25, 0.3) is 0 Å². The van der Waals surface area contributed by atoms with E-state index in [0.717, 1.165) is 12.8 Å². The molecule has 2 aliphatic heterocycles. The van der Waals surface area contributed by atoms with Crippen LogP contribution in [0.4, 0.5) is 0 Å². The van der Waals surface area contributed by atoms with Crippen molar-refractivity contribution in [2.75, 3.05) is 0 Å². The van der Waals surface area contributed by atoms with Crippen LogP contribution in [0.15, 0.2) is 24.3 Å². The third kappa shape index (κ3) is 2.81. The number of halogens is 2. The highest BCUT2D eigenvalue weighted by molar-refractivity contribution is 14.1. The van der Waals surface area contributed by atoms with Gasteiger partial charge < -0.3 is 9.47 Å². The smallest absolute Gasteiger partial charge is 0.0936 e. The maximum absolute atomic E-state index is 6.47. The van der Waals surface area contributed by atoms with Gasteiger partial charge in [0.05, 0.1) is 23.9 Å². The molecule has 116 valence electrons. The van der Waals surface area contributed by atoms with Gasteiger partial charge in [0.1, 0.15) is 0 Å². The van der Waals surface area contributed by atoms with E-state index in [-0.39, 0.29) is 17.3 Å². The summed E-state index contributed by atoms with van der Waals surface area (Å²) in [4.78, 5) is 0.438. The van der Waals surface area contributed by atoms with E-state index in [9.17, 15) is 0 Å². The van der Waals surface area contributed by atoms with Gasteiger partial charge in [-0.2, -0.15) is 0 Å². The quantitative estimate of drug-likeness (QED) is 0.465. The summed E-state index contributed by atoms with van der Waals surface area (Å²) in [6, 6.07) is 8.51. The van der Waals surface area contributed by atoms with E-state index in [4.69, 9.17) is 9.47 Å². The number of benzene rings is 1. The standard InChI is InChI=1S/C17H22BrIO2/c1-11(2)17-9-15(16(3,21-17)8-14(17)18)20-10-12-5-4-6-13(19)7-12/h4-7,11,14-15H,8-10H2,1-3H3. The van der Waals surface area contributed by atoms with Gasteiger partial charge in [0, 0.05) is 14.8 Å². The minimum Gasteiger partial charge on any atom is -0.370 e. The summed E-state index contributed by atoms with van der Waals surface area (Å²) in [5, 5.41) is 0. The van der Waals surface area contributed by atoms with Crippen molar-refractivity contribution >= 4 is 38.5 Å². The number of hydrogen-bond donors (Lipinski definition) is 0. The van der Waals surface area contributed by atoms with Crippen molar-refractivity contribution in [3.63, 3.8) is 0 Å². The van der Waals surface area contributed by atoms with Crippen molar-refractivity contribution in [1.29, 1.82) is 0 Å². The highest BCUT2D eigenvalue weighted by Crippen LogP contribution is 2.57. The lowest BCUT2D eigenvalue weighted by Gasteiger charge is -2.35. The fourth-order valence-electron chi connectivity index (χ4n) is 3.71. The first-order valence-electron chi connectivity index (χ1n) is 7.56. The molecule has 0 aliphatic carbocycles. The van der Waals surface area contributed by atoms with E-state index in [0.29, 0.717) is 17.4 Å². The Morgan fingerprint density at radius 3 is 2.81 bits per heavy atom. The van der Waals surface area contributed by atoms with E-state index in [1.165, 1.54) is 9.13 Å². The number of fused-ring (bicyclic) bond motifs is 2. The molecule has 0 aromatic heterocycles. The second kappa shape index (κ2) is 5.77. The van der Waals surface area contributed by atoms with Gasteiger partial charge in [-0.1, -0.05) is 41.9 Å². The molecule has 4 atom stereocenters. The van der Waals surface area contributed by atoms with Crippen LogP contribution in [-0.2, 0) is 16.1 Å². The Kier molecular flexibility index (Phi) is 4.45. The van der Waals surface area contributed by atoms with Crippen LogP contribution in [0.1, 0.15) is 39.2 Å². The Labute approximate surface area is 149 Å². The third-order valence-electron chi connectivity index (χ3n) is 5.04. The van der Waals surface area contributed by atoms with E-state index in [1.54, 1.807) is 0 Å². The molecule has 2 heterocycles. The monoisotopic (exact) mass is 464 g/mol. The zero-order valence-electron chi connectivity index (χ0n) is 12.7. The second-order valence-electron chi connectivity index (χ2n) is 6.83. The Hall–Kier alpha value is 0.350. The van der Waals surface area contributed by atoms with Crippen LogP contribution < -0.4 is 0 Å². The summed E-state index contributed by atoms with van der Waals surface area (Å²) in [6.45, 7) is 7.38. The molecule has 4 unspecified atom stereocenters. The number of ether oxygens (including phenoxy) is 2. The summed E-state index contributed by atoms with van der Waals surface area (Å²) in [5.41, 5.74) is 1.02. The molecule has 2 nitrogen and oxygen atoms in total. The summed E-state index contributed by atoms with van der Waals surface area (Å²) < 4.78 is 14.0. The van der Waals surface area contributed by atoms with Crippen LogP contribution in [0.3, 0.4) is 0 Å². The van der Waals surface area contributed by atoms with Crippen molar-refractivity contribution in [1.82, 2.24) is 0 Å². The van der Waals surface area contributed by atoms with Gasteiger partial charge in [0.15, 0.2) is 0 Å². The first kappa shape index (κ1) is 16.2. The number of hydrogen-bond acceptors (Lipinski definition) is 2. The SMILES string of the molecule is CC(C)C12CC(OCc3cccc(I)c3)C(C)(CC1Br)O2. The Bertz CT molecular complexity index is 535. The second-order valence-corrected chi connectivity index (χ2v) is 9.18. The van der Waals surface area contributed by atoms with Crippen LogP contribution in [0, 0.1) is 9.49 Å². The number of rotatable bonds is 4. The minimum absolute atomic E-state index is 0.0650. The minimum atomic E-state index is -0.152. The molecule has 2 fully saturated rings. The van der Waals surface area contributed by atoms with Crippen LogP contribution >= 0.6 is 38.5 Å². The molecule has 2 aliphatic rings. The van der Waals surface area contributed by atoms with Crippen LogP contribution in [0.5, 0.6) is 0 Å².